The summed E-state index contributed by atoms with van der Waals surface area (Å²) < 4.78 is 9.98. The molecular weight excluding hydrogens is 290 g/mol. The smallest absolute Gasteiger partial charge is 0.407 e. The highest BCUT2D eigenvalue weighted by molar-refractivity contribution is 5.67. The summed E-state index contributed by atoms with van der Waals surface area (Å²) in [4.78, 5) is 21.7. The molecule has 0 aliphatic heterocycles. The van der Waals surface area contributed by atoms with Crippen LogP contribution in [-0.2, 0) is 9.53 Å². The summed E-state index contributed by atoms with van der Waals surface area (Å²) in [5, 5.41) is 22.7. The van der Waals surface area contributed by atoms with Gasteiger partial charge in [0.25, 0.3) is 0 Å². The van der Waals surface area contributed by atoms with Gasteiger partial charge in [0.05, 0.1) is 18.6 Å². The van der Waals surface area contributed by atoms with Crippen molar-refractivity contribution in [1.82, 2.24) is 5.32 Å². The van der Waals surface area contributed by atoms with Crippen molar-refractivity contribution in [3.63, 3.8) is 0 Å². The average Bonchev–Trinajstić information content (AvgIpc) is 2.41. The van der Waals surface area contributed by atoms with E-state index in [4.69, 9.17) is 9.47 Å². The number of carbonyl (C=O) groups excluding carboxylic acids is 2. The second kappa shape index (κ2) is 7.65. The Kier molecular flexibility index (Phi) is 6.18. The van der Waals surface area contributed by atoms with Gasteiger partial charge in [-0.2, -0.15) is 0 Å². The van der Waals surface area contributed by atoms with E-state index in [1.54, 1.807) is 32.9 Å². The van der Waals surface area contributed by atoms with Gasteiger partial charge in [-0.05, 0) is 38.5 Å². The number of benzene rings is 1. The van der Waals surface area contributed by atoms with Crippen LogP contribution < -0.4 is 15.2 Å². The van der Waals surface area contributed by atoms with Crippen LogP contribution in [0.4, 0.5) is 4.79 Å². The zero-order valence-corrected chi connectivity index (χ0v) is 12.8. The van der Waals surface area contributed by atoms with Crippen molar-refractivity contribution in [1.29, 1.82) is 0 Å². The topological polar surface area (TPSA) is 108 Å². The molecule has 0 heterocycles. The number of aliphatic hydroxyl groups is 1. The van der Waals surface area contributed by atoms with Crippen LogP contribution in [-0.4, -0.2) is 35.9 Å². The van der Waals surface area contributed by atoms with Crippen LogP contribution in [0, 0.1) is 0 Å². The molecule has 0 saturated carbocycles. The third-order valence-corrected chi connectivity index (χ3v) is 2.46. The lowest BCUT2D eigenvalue weighted by molar-refractivity contribution is -0.307. The molecule has 0 aliphatic carbocycles. The van der Waals surface area contributed by atoms with Crippen LogP contribution >= 0.6 is 0 Å². The fourth-order valence-electron chi connectivity index (χ4n) is 1.54. The maximum Gasteiger partial charge on any atom is 0.407 e. The van der Waals surface area contributed by atoms with Crippen molar-refractivity contribution in [3.05, 3.63) is 29.8 Å². The monoisotopic (exact) mass is 310 g/mol. The predicted octanol–water partition coefficient (Wildman–Crippen LogP) is 0.373. The lowest BCUT2D eigenvalue weighted by atomic mass is 10.1. The van der Waals surface area contributed by atoms with Crippen molar-refractivity contribution >= 4 is 12.1 Å². The highest BCUT2D eigenvalue weighted by atomic mass is 16.6. The summed E-state index contributed by atoms with van der Waals surface area (Å²) in [6.45, 7) is 4.69. The zero-order valence-electron chi connectivity index (χ0n) is 12.8. The highest BCUT2D eigenvalue weighted by Gasteiger charge is 2.17. The molecule has 0 saturated heterocycles. The molecule has 0 fully saturated rings. The zero-order chi connectivity index (χ0) is 16.8. The number of aliphatic hydroxyl groups excluding tert-OH is 1. The van der Waals surface area contributed by atoms with E-state index in [1.165, 1.54) is 12.1 Å². The number of alkyl carbamates (subject to hydrolysis) is 1. The minimum atomic E-state index is -1.31. The second-order valence-corrected chi connectivity index (χ2v) is 5.63. The number of carbonyl (C=O) groups is 2. The maximum atomic E-state index is 11.5. The molecule has 0 aliphatic rings. The first-order valence-corrected chi connectivity index (χ1v) is 6.75. The standard InChI is InChI=1S/C15H21NO6/c1-15(2,3)22-14(20)16-8-12(17)10-4-6-11(7-5-10)21-9-13(18)19/h4-7,12,17H,8-9H2,1-3H3,(H,16,20)(H,18,19)/p-1. The van der Waals surface area contributed by atoms with Gasteiger partial charge in [0.2, 0.25) is 0 Å². The number of hydrogen-bond acceptors (Lipinski definition) is 6. The van der Waals surface area contributed by atoms with E-state index in [9.17, 15) is 19.8 Å². The third kappa shape index (κ3) is 6.94. The van der Waals surface area contributed by atoms with Gasteiger partial charge in [-0.1, -0.05) is 12.1 Å². The first kappa shape index (κ1) is 17.8. The molecule has 122 valence electrons. The van der Waals surface area contributed by atoms with Gasteiger partial charge >= 0.3 is 6.09 Å². The van der Waals surface area contributed by atoms with Gasteiger partial charge in [-0.25, -0.2) is 4.79 Å². The number of carboxylic acid groups (broad SMARTS) is 1. The fourth-order valence-corrected chi connectivity index (χ4v) is 1.54. The SMILES string of the molecule is CC(C)(C)OC(=O)NCC(O)c1ccc(OCC(=O)[O-])cc1. The Labute approximate surface area is 128 Å². The van der Waals surface area contributed by atoms with E-state index < -0.39 is 30.4 Å². The van der Waals surface area contributed by atoms with E-state index in [0.717, 1.165) is 0 Å². The Balaban J connectivity index is 2.47. The van der Waals surface area contributed by atoms with Crippen molar-refractivity contribution in [2.45, 2.75) is 32.5 Å². The molecule has 2 N–H and O–H groups in total. The van der Waals surface area contributed by atoms with Crippen molar-refractivity contribution in [2.24, 2.45) is 0 Å². The molecule has 7 heteroatoms. The molecule has 0 radical (unpaired) electrons. The van der Waals surface area contributed by atoms with E-state index >= 15 is 0 Å². The fraction of sp³-hybridized carbons (Fsp3) is 0.467. The molecule has 7 nitrogen and oxygen atoms in total. The number of nitrogens with one attached hydrogen (secondary N) is 1. The number of hydrogen-bond donors (Lipinski definition) is 2. The van der Waals surface area contributed by atoms with E-state index in [0.29, 0.717) is 11.3 Å². The Morgan fingerprint density at radius 2 is 1.86 bits per heavy atom. The van der Waals surface area contributed by atoms with Crippen LogP contribution in [0.25, 0.3) is 0 Å². The van der Waals surface area contributed by atoms with Crippen molar-refractivity contribution < 1.29 is 29.3 Å². The number of ether oxygens (including phenoxy) is 2. The number of aliphatic carboxylic acids is 1. The molecule has 1 amide bonds. The van der Waals surface area contributed by atoms with Crippen molar-refractivity contribution in [3.8, 4) is 5.75 Å². The maximum absolute atomic E-state index is 11.5. The van der Waals surface area contributed by atoms with Gasteiger partial charge in [0, 0.05) is 0 Å². The summed E-state index contributed by atoms with van der Waals surface area (Å²) in [6.07, 6.45) is -1.52. The first-order valence-electron chi connectivity index (χ1n) is 6.75. The molecule has 0 aromatic heterocycles. The highest BCUT2D eigenvalue weighted by Crippen LogP contribution is 2.17. The lowest BCUT2D eigenvalue weighted by Crippen LogP contribution is -2.34. The van der Waals surface area contributed by atoms with Crippen LogP contribution in [0.1, 0.15) is 32.4 Å². The molecule has 1 aromatic rings. The van der Waals surface area contributed by atoms with Crippen molar-refractivity contribution in [2.75, 3.05) is 13.2 Å². The first-order chi connectivity index (χ1) is 10.2. The Hall–Kier alpha value is -2.28. The summed E-state index contributed by atoms with van der Waals surface area (Å²) >= 11 is 0. The van der Waals surface area contributed by atoms with Gasteiger partial charge in [0.1, 0.15) is 18.0 Å². The van der Waals surface area contributed by atoms with Gasteiger partial charge < -0.3 is 29.8 Å². The molecule has 22 heavy (non-hydrogen) atoms. The number of rotatable bonds is 6. The van der Waals surface area contributed by atoms with Gasteiger partial charge in [-0.15, -0.1) is 0 Å². The molecular formula is C15H20NO6-. The summed E-state index contributed by atoms with van der Waals surface area (Å²) in [6, 6.07) is 6.20. The normalized spacial score (nSPS) is 12.4. The average molecular weight is 310 g/mol. The molecule has 1 atom stereocenters. The molecule has 0 bridgehead atoms. The number of amides is 1. The summed E-state index contributed by atoms with van der Waals surface area (Å²) in [7, 11) is 0. The lowest BCUT2D eigenvalue weighted by Gasteiger charge is -2.20. The Morgan fingerprint density at radius 1 is 1.27 bits per heavy atom. The summed E-state index contributed by atoms with van der Waals surface area (Å²) in [5.41, 5.74) is -0.0515. The molecule has 1 rings (SSSR count). The van der Waals surface area contributed by atoms with Gasteiger partial charge in [-0.3, -0.25) is 0 Å². The van der Waals surface area contributed by atoms with Crippen LogP contribution in [0.2, 0.25) is 0 Å². The number of carboxylic acids is 1. The quantitative estimate of drug-likeness (QED) is 0.786. The largest absolute Gasteiger partial charge is 0.546 e. The van der Waals surface area contributed by atoms with E-state index in [1.807, 2.05) is 0 Å². The molecule has 1 aromatic carbocycles. The van der Waals surface area contributed by atoms with E-state index in [-0.39, 0.29) is 6.54 Å². The van der Waals surface area contributed by atoms with Gasteiger partial charge in [0.15, 0.2) is 0 Å². The second-order valence-electron chi connectivity index (χ2n) is 5.63. The summed E-state index contributed by atoms with van der Waals surface area (Å²) in [5.74, 6) is -0.967. The Morgan fingerprint density at radius 3 is 2.36 bits per heavy atom. The third-order valence-electron chi connectivity index (χ3n) is 2.46. The van der Waals surface area contributed by atoms with Crippen LogP contribution in [0.15, 0.2) is 24.3 Å². The molecule has 1 unspecified atom stereocenters. The van der Waals surface area contributed by atoms with E-state index in [2.05, 4.69) is 5.32 Å². The predicted molar refractivity (Wildman–Crippen MR) is 76.1 cm³/mol. The van der Waals surface area contributed by atoms with Crippen LogP contribution in [0.5, 0.6) is 5.75 Å². The minimum Gasteiger partial charge on any atom is -0.546 e. The Bertz CT molecular complexity index is 506. The molecule has 0 spiro atoms. The van der Waals surface area contributed by atoms with Crippen LogP contribution in [0.3, 0.4) is 0 Å². The minimum absolute atomic E-state index is 0.00579.